The molecule has 3 heterocycles. The highest BCUT2D eigenvalue weighted by atomic mass is 79.9. The van der Waals surface area contributed by atoms with Crippen molar-refractivity contribution >= 4 is 33.5 Å². The van der Waals surface area contributed by atoms with Gasteiger partial charge in [-0.3, -0.25) is 9.59 Å². The summed E-state index contributed by atoms with van der Waals surface area (Å²) in [5, 5.41) is 9.40. The zero-order chi connectivity index (χ0) is 14.8. The maximum atomic E-state index is 12.7. The van der Waals surface area contributed by atoms with Gasteiger partial charge in [-0.25, -0.2) is 0 Å². The predicted octanol–water partition coefficient (Wildman–Crippen LogP) is 1.82. The van der Waals surface area contributed by atoms with Crippen molar-refractivity contribution in [1.29, 1.82) is 0 Å². The third-order valence-corrected chi connectivity index (χ3v) is 5.05. The number of carboxylic acids is 1. The summed E-state index contributed by atoms with van der Waals surface area (Å²) >= 11 is 3.36. The van der Waals surface area contributed by atoms with E-state index in [-0.39, 0.29) is 5.91 Å². The van der Waals surface area contributed by atoms with E-state index in [9.17, 15) is 14.7 Å². The summed E-state index contributed by atoms with van der Waals surface area (Å²) in [6, 6.07) is 7.39. The van der Waals surface area contributed by atoms with Crippen LogP contribution in [0.2, 0.25) is 0 Å². The van der Waals surface area contributed by atoms with Crippen LogP contribution in [0.4, 0.5) is 5.69 Å². The number of aliphatic carboxylic acids is 1. The summed E-state index contributed by atoms with van der Waals surface area (Å²) in [6.07, 6.45) is 3.15. The second kappa shape index (κ2) is 4.18. The van der Waals surface area contributed by atoms with Crippen LogP contribution in [0.1, 0.15) is 0 Å². The van der Waals surface area contributed by atoms with Crippen molar-refractivity contribution in [2.45, 2.75) is 11.7 Å². The number of benzene rings is 1. The topological polar surface area (TPSA) is 66.8 Å². The molecule has 1 aromatic rings. The Hall–Kier alpha value is -1.66. The Balaban J connectivity index is 1.73. The second-order valence-electron chi connectivity index (χ2n) is 5.64. The highest BCUT2D eigenvalue weighted by Gasteiger charge is 2.67. The minimum absolute atomic E-state index is 0.170. The first-order chi connectivity index (χ1) is 10.0. The number of halogens is 1. The number of anilines is 1. The number of rotatable bonds is 2. The molecule has 0 radical (unpaired) electrons. The third kappa shape index (κ3) is 1.66. The molecule has 2 saturated heterocycles. The third-order valence-electron chi connectivity index (χ3n) is 4.52. The van der Waals surface area contributed by atoms with Crippen LogP contribution in [0.25, 0.3) is 0 Å². The molecule has 2 fully saturated rings. The summed E-state index contributed by atoms with van der Waals surface area (Å²) in [5.74, 6) is -2.56. The van der Waals surface area contributed by atoms with E-state index in [0.29, 0.717) is 6.54 Å². The van der Waals surface area contributed by atoms with Gasteiger partial charge in [0.1, 0.15) is 11.5 Å². The van der Waals surface area contributed by atoms with E-state index in [1.165, 1.54) is 0 Å². The van der Waals surface area contributed by atoms with Gasteiger partial charge in [-0.05, 0) is 24.3 Å². The van der Waals surface area contributed by atoms with Gasteiger partial charge in [-0.1, -0.05) is 28.1 Å². The number of fused-ring (bicyclic) bond motifs is 1. The molecule has 21 heavy (non-hydrogen) atoms. The van der Waals surface area contributed by atoms with Crippen LogP contribution in [0, 0.1) is 11.8 Å². The minimum atomic E-state index is -0.970. The fourth-order valence-electron chi connectivity index (χ4n) is 3.62. The summed E-state index contributed by atoms with van der Waals surface area (Å²) in [7, 11) is 0. The van der Waals surface area contributed by atoms with E-state index in [0.717, 1.165) is 10.2 Å². The Morgan fingerprint density at radius 1 is 1.38 bits per heavy atom. The Kier molecular flexibility index (Phi) is 2.59. The van der Waals surface area contributed by atoms with Gasteiger partial charge in [0.05, 0.1) is 18.6 Å². The van der Waals surface area contributed by atoms with Gasteiger partial charge in [-0.15, -0.1) is 0 Å². The van der Waals surface area contributed by atoms with Crippen molar-refractivity contribution in [2.24, 2.45) is 11.8 Å². The molecule has 0 aromatic heterocycles. The molecule has 0 aliphatic carbocycles. The lowest BCUT2D eigenvalue weighted by Gasteiger charge is -2.21. The average Bonchev–Trinajstić information content (AvgIpc) is 3.08. The summed E-state index contributed by atoms with van der Waals surface area (Å²) in [6.45, 7) is 0.370. The maximum absolute atomic E-state index is 12.7. The van der Waals surface area contributed by atoms with Crippen molar-refractivity contribution in [3.8, 4) is 0 Å². The fraction of sp³-hybridized carbons (Fsp3) is 0.333. The SMILES string of the molecule is O=C(O)C1C2C=CC3(CN(c4ccc(Br)cc4)C(=O)C13)O2. The standard InChI is InChI=1S/C15H12BrNO4/c16-8-1-3-9(4-2-8)17-7-15-6-5-10(21-15)11(14(19)20)12(15)13(17)18/h1-6,10-12H,7H2,(H,19,20). The number of carbonyl (C=O) groups is 2. The van der Waals surface area contributed by atoms with Gasteiger partial charge < -0.3 is 14.7 Å². The van der Waals surface area contributed by atoms with E-state index in [4.69, 9.17) is 4.74 Å². The minimum Gasteiger partial charge on any atom is -0.481 e. The van der Waals surface area contributed by atoms with Crippen LogP contribution < -0.4 is 4.90 Å². The van der Waals surface area contributed by atoms with Gasteiger partial charge in [0.25, 0.3) is 0 Å². The van der Waals surface area contributed by atoms with Crippen LogP contribution in [0.5, 0.6) is 0 Å². The largest absolute Gasteiger partial charge is 0.481 e. The lowest BCUT2D eigenvalue weighted by atomic mass is 9.77. The first-order valence-electron chi connectivity index (χ1n) is 6.69. The van der Waals surface area contributed by atoms with Crippen molar-refractivity contribution in [1.82, 2.24) is 0 Å². The number of amides is 1. The van der Waals surface area contributed by atoms with Crippen molar-refractivity contribution in [2.75, 3.05) is 11.4 Å². The molecular weight excluding hydrogens is 338 g/mol. The van der Waals surface area contributed by atoms with Crippen molar-refractivity contribution in [3.05, 3.63) is 40.9 Å². The quantitative estimate of drug-likeness (QED) is 0.827. The van der Waals surface area contributed by atoms with Gasteiger partial charge >= 0.3 is 5.97 Å². The zero-order valence-corrected chi connectivity index (χ0v) is 12.5. The lowest BCUT2D eigenvalue weighted by molar-refractivity contribution is -0.146. The highest BCUT2D eigenvalue weighted by molar-refractivity contribution is 9.10. The molecule has 1 N–H and O–H groups in total. The van der Waals surface area contributed by atoms with Crippen LogP contribution in [0.3, 0.4) is 0 Å². The molecule has 3 aliphatic rings. The zero-order valence-electron chi connectivity index (χ0n) is 10.9. The van der Waals surface area contributed by atoms with E-state index >= 15 is 0 Å². The highest BCUT2D eigenvalue weighted by Crippen LogP contribution is 2.52. The molecule has 3 aliphatic heterocycles. The maximum Gasteiger partial charge on any atom is 0.310 e. The Morgan fingerprint density at radius 3 is 2.76 bits per heavy atom. The summed E-state index contributed by atoms with van der Waals surface area (Å²) in [4.78, 5) is 25.8. The number of nitrogens with zero attached hydrogens (tertiary/aromatic N) is 1. The number of ether oxygens (including phenoxy) is 1. The summed E-state index contributed by atoms with van der Waals surface area (Å²) in [5.41, 5.74) is -0.0192. The Morgan fingerprint density at radius 2 is 2.10 bits per heavy atom. The van der Waals surface area contributed by atoms with Crippen LogP contribution in [-0.4, -0.2) is 35.2 Å². The lowest BCUT2D eigenvalue weighted by Crippen LogP contribution is -2.39. The molecule has 108 valence electrons. The van der Waals surface area contributed by atoms with Crippen LogP contribution in [0.15, 0.2) is 40.9 Å². The molecule has 5 nitrogen and oxygen atoms in total. The predicted molar refractivity (Wildman–Crippen MR) is 77.9 cm³/mol. The first kappa shape index (κ1) is 13.0. The van der Waals surface area contributed by atoms with Gasteiger partial charge in [0.2, 0.25) is 5.91 Å². The molecule has 1 amide bonds. The first-order valence-corrected chi connectivity index (χ1v) is 7.48. The molecule has 2 bridgehead atoms. The number of carboxylic acid groups (broad SMARTS) is 1. The Bertz CT molecular complexity index is 671. The second-order valence-corrected chi connectivity index (χ2v) is 6.55. The van der Waals surface area contributed by atoms with E-state index in [2.05, 4.69) is 15.9 Å². The number of hydrogen-bond acceptors (Lipinski definition) is 3. The van der Waals surface area contributed by atoms with Gasteiger partial charge in [-0.2, -0.15) is 0 Å². The Labute approximate surface area is 129 Å². The van der Waals surface area contributed by atoms with Crippen LogP contribution in [-0.2, 0) is 14.3 Å². The van der Waals surface area contributed by atoms with Crippen molar-refractivity contribution < 1.29 is 19.4 Å². The normalized spacial score (nSPS) is 36.3. The fourth-order valence-corrected chi connectivity index (χ4v) is 3.88. The number of carbonyl (C=O) groups excluding carboxylic acids is 1. The van der Waals surface area contributed by atoms with Crippen LogP contribution >= 0.6 is 15.9 Å². The van der Waals surface area contributed by atoms with E-state index < -0.39 is 29.5 Å². The smallest absolute Gasteiger partial charge is 0.310 e. The molecular formula is C15H12BrNO4. The van der Waals surface area contributed by atoms with E-state index in [1.54, 1.807) is 11.0 Å². The number of hydrogen-bond donors (Lipinski definition) is 1. The monoisotopic (exact) mass is 349 g/mol. The van der Waals surface area contributed by atoms with Gasteiger partial charge in [0, 0.05) is 10.2 Å². The molecule has 4 rings (SSSR count). The molecule has 4 unspecified atom stereocenters. The molecule has 6 heteroatoms. The average molecular weight is 350 g/mol. The molecule has 4 atom stereocenters. The van der Waals surface area contributed by atoms with Gasteiger partial charge in [0.15, 0.2) is 0 Å². The molecule has 0 saturated carbocycles. The summed E-state index contributed by atoms with van der Waals surface area (Å²) < 4.78 is 6.77. The molecule has 1 aromatic carbocycles. The van der Waals surface area contributed by atoms with Crippen molar-refractivity contribution in [3.63, 3.8) is 0 Å². The molecule has 1 spiro atoms. The van der Waals surface area contributed by atoms with E-state index in [1.807, 2.05) is 30.3 Å².